The first kappa shape index (κ1) is 22.2. The lowest BCUT2D eigenvalue weighted by molar-refractivity contribution is -0.130. The molecule has 176 valence electrons. The minimum Gasteiger partial charge on any atom is -0.497 e. The van der Waals surface area contributed by atoms with E-state index in [0.717, 1.165) is 51.7 Å². The lowest BCUT2D eigenvalue weighted by Gasteiger charge is -2.26. The Labute approximate surface area is 195 Å². The van der Waals surface area contributed by atoms with E-state index in [9.17, 15) is 4.79 Å². The standard InChI is InChI=1S/C26H33N3O4/c1-31-21-8-6-20(7-9-21)17-29-18-26(22-4-2-3-5-23(22)29)16-24(33-19-26)25(30)27-10-11-28-12-14-32-15-13-28/h2-9,24H,10-19H2,1H3,(H,27,30). The number of para-hydroxylation sites is 1. The number of anilines is 1. The van der Waals surface area contributed by atoms with E-state index in [4.69, 9.17) is 14.2 Å². The van der Waals surface area contributed by atoms with Crippen LogP contribution in [-0.4, -0.2) is 76.6 Å². The first-order chi connectivity index (χ1) is 16.2. The van der Waals surface area contributed by atoms with Crippen molar-refractivity contribution in [3.63, 3.8) is 0 Å². The van der Waals surface area contributed by atoms with E-state index >= 15 is 0 Å². The minimum absolute atomic E-state index is 0.00576. The fourth-order valence-electron chi connectivity index (χ4n) is 5.30. The molecule has 7 nitrogen and oxygen atoms in total. The second-order valence-electron chi connectivity index (χ2n) is 9.25. The van der Waals surface area contributed by atoms with Crippen molar-refractivity contribution in [3.05, 3.63) is 59.7 Å². The summed E-state index contributed by atoms with van der Waals surface area (Å²) in [5.74, 6) is 0.870. The average Bonchev–Trinajstić information content (AvgIpc) is 3.42. The molecule has 2 atom stereocenters. The maximum Gasteiger partial charge on any atom is 0.249 e. The Hall–Kier alpha value is -2.61. The quantitative estimate of drug-likeness (QED) is 0.696. The normalized spacial score (nSPS) is 24.8. The Bertz CT molecular complexity index is 960. The van der Waals surface area contributed by atoms with E-state index in [0.29, 0.717) is 19.6 Å². The highest BCUT2D eigenvalue weighted by Gasteiger charge is 2.50. The van der Waals surface area contributed by atoms with Crippen LogP contribution in [0.2, 0.25) is 0 Å². The van der Waals surface area contributed by atoms with E-state index in [1.54, 1.807) is 7.11 Å². The van der Waals surface area contributed by atoms with Crippen molar-refractivity contribution < 1.29 is 19.0 Å². The Morgan fingerprint density at radius 2 is 1.94 bits per heavy atom. The molecular weight excluding hydrogens is 418 g/mol. The third kappa shape index (κ3) is 4.71. The first-order valence-electron chi connectivity index (χ1n) is 11.8. The summed E-state index contributed by atoms with van der Waals surface area (Å²) >= 11 is 0. The molecule has 0 radical (unpaired) electrons. The molecule has 2 fully saturated rings. The van der Waals surface area contributed by atoms with Gasteiger partial charge in [0.1, 0.15) is 11.9 Å². The largest absolute Gasteiger partial charge is 0.497 e. The van der Waals surface area contributed by atoms with Gasteiger partial charge in [0.15, 0.2) is 0 Å². The third-order valence-electron chi connectivity index (χ3n) is 7.10. The van der Waals surface area contributed by atoms with Gasteiger partial charge in [0.2, 0.25) is 5.91 Å². The smallest absolute Gasteiger partial charge is 0.249 e. The van der Waals surface area contributed by atoms with E-state index < -0.39 is 6.10 Å². The maximum atomic E-state index is 12.9. The van der Waals surface area contributed by atoms with Gasteiger partial charge in [-0.15, -0.1) is 0 Å². The highest BCUT2D eigenvalue weighted by molar-refractivity contribution is 5.81. The van der Waals surface area contributed by atoms with Gasteiger partial charge in [-0.3, -0.25) is 9.69 Å². The number of rotatable bonds is 7. The number of benzene rings is 2. The molecular formula is C26H33N3O4. The molecule has 2 unspecified atom stereocenters. The molecule has 0 bridgehead atoms. The summed E-state index contributed by atoms with van der Waals surface area (Å²) in [6.07, 6.45) is 0.315. The molecule has 2 aromatic carbocycles. The van der Waals surface area contributed by atoms with Gasteiger partial charge in [0.25, 0.3) is 0 Å². The third-order valence-corrected chi connectivity index (χ3v) is 7.10. The summed E-state index contributed by atoms with van der Waals surface area (Å²) in [5, 5.41) is 3.09. The van der Waals surface area contributed by atoms with E-state index in [1.807, 2.05) is 12.1 Å². The molecule has 0 aromatic heterocycles. The average molecular weight is 452 g/mol. The molecule has 1 N–H and O–H groups in total. The van der Waals surface area contributed by atoms with Gasteiger partial charge in [-0.25, -0.2) is 0 Å². The second kappa shape index (κ2) is 9.71. The van der Waals surface area contributed by atoms with Gasteiger partial charge in [-0.05, 0) is 35.7 Å². The van der Waals surface area contributed by atoms with Crippen LogP contribution in [0.15, 0.2) is 48.5 Å². The van der Waals surface area contributed by atoms with Gasteiger partial charge in [0, 0.05) is 50.4 Å². The van der Waals surface area contributed by atoms with Crippen LogP contribution in [0.3, 0.4) is 0 Å². The van der Waals surface area contributed by atoms with Gasteiger partial charge in [-0.1, -0.05) is 30.3 Å². The topological polar surface area (TPSA) is 63.3 Å². The van der Waals surface area contributed by atoms with E-state index in [-0.39, 0.29) is 11.3 Å². The molecule has 7 heteroatoms. The minimum atomic E-state index is -0.399. The number of nitrogens with zero attached hydrogens (tertiary/aromatic N) is 2. The monoisotopic (exact) mass is 451 g/mol. The molecule has 3 aliphatic rings. The van der Waals surface area contributed by atoms with Crippen molar-refractivity contribution in [1.82, 2.24) is 10.2 Å². The van der Waals surface area contributed by atoms with Crippen molar-refractivity contribution in [2.24, 2.45) is 0 Å². The zero-order chi connectivity index (χ0) is 22.7. The highest BCUT2D eigenvalue weighted by Crippen LogP contribution is 2.47. The number of ether oxygens (including phenoxy) is 3. The van der Waals surface area contributed by atoms with Crippen LogP contribution >= 0.6 is 0 Å². The number of carbonyl (C=O) groups is 1. The Morgan fingerprint density at radius 3 is 2.73 bits per heavy atom. The number of morpholine rings is 1. The van der Waals surface area contributed by atoms with Gasteiger partial charge >= 0.3 is 0 Å². The molecule has 1 amide bonds. The Kier molecular flexibility index (Phi) is 6.53. The van der Waals surface area contributed by atoms with Crippen LogP contribution in [-0.2, 0) is 26.2 Å². The van der Waals surface area contributed by atoms with Crippen molar-refractivity contribution >= 4 is 11.6 Å². The van der Waals surface area contributed by atoms with Crippen molar-refractivity contribution in [2.45, 2.75) is 24.5 Å². The summed E-state index contributed by atoms with van der Waals surface area (Å²) in [6, 6.07) is 16.8. The number of amides is 1. The van der Waals surface area contributed by atoms with Crippen LogP contribution in [0.25, 0.3) is 0 Å². The van der Waals surface area contributed by atoms with Crippen LogP contribution in [0.1, 0.15) is 17.5 Å². The van der Waals surface area contributed by atoms with Crippen molar-refractivity contribution in [2.75, 3.05) is 64.6 Å². The predicted octanol–water partition coefficient (Wildman–Crippen LogP) is 2.19. The number of hydrogen-bond donors (Lipinski definition) is 1. The number of hydrogen-bond acceptors (Lipinski definition) is 6. The molecule has 2 aromatic rings. The number of nitrogens with one attached hydrogen (secondary N) is 1. The lowest BCUT2D eigenvalue weighted by Crippen LogP contribution is -2.43. The van der Waals surface area contributed by atoms with Crippen LogP contribution < -0.4 is 15.0 Å². The summed E-state index contributed by atoms with van der Waals surface area (Å²) in [4.78, 5) is 17.6. The molecule has 2 saturated heterocycles. The fraction of sp³-hybridized carbons (Fsp3) is 0.500. The molecule has 3 aliphatic heterocycles. The summed E-state index contributed by atoms with van der Waals surface area (Å²) in [6.45, 7) is 7.15. The SMILES string of the molecule is COc1ccc(CN2CC3(COC(C(=O)NCCN4CCOCC4)C3)c3ccccc32)cc1. The predicted molar refractivity (Wildman–Crippen MR) is 127 cm³/mol. The van der Waals surface area contributed by atoms with E-state index in [2.05, 4.69) is 51.5 Å². The Morgan fingerprint density at radius 1 is 1.15 bits per heavy atom. The molecule has 3 heterocycles. The summed E-state index contributed by atoms with van der Waals surface area (Å²) in [5.41, 5.74) is 3.63. The van der Waals surface area contributed by atoms with Crippen LogP contribution in [0, 0.1) is 0 Å². The van der Waals surface area contributed by atoms with Crippen LogP contribution in [0.4, 0.5) is 5.69 Å². The number of carbonyl (C=O) groups excluding carboxylic acids is 1. The van der Waals surface area contributed by atoms with Gasteiger partial charge < -0.3 is 24.4 Å². The van der Waals surface area contributed by atoms with Crippen molar-refractivity contribution in [1.29, 1.82) is 0 Å². The van der Waals surface area contributed by atoms with Gasteiger partial charge in [0.05, 0.1) is 26.9 Å². The highest BCUT2D eigenvalue weighted by atomic mass is 16.5. The first-order valence-corrected chi connectivity index (χ1v) is 11.8. The molecule has 1 spiro atoms. The number of fused-ring (bicyclic) bond motifs is 2. The zero-order valence-electron chi connectivity index (χ0n) is 19.3. The lowest BCUT2D eigenvalue weighted by atomic mass is 9.80. The number of methoxy groups -OCH3 is 1. The molecule has 0 saturated carbocycles. The summed E-state index contributed by atoms with van der Waals surface area (Å²) in [7, 11) is 1.69. The maximum absolute atomic E-state index is 12.9. The molecule has 0 aliphatic carbocycles. The van der Waals surface area contributed by atoms with Crippen LogP contribution in [0.5, 0.6) is 5.75 Å². The molecule has 33 heavy (non-hydrogen) atoms. The fourth-order valence-corrected chi connectivity index (χ4v) is 5.30. The zero-order valence-corrected chi connectivity index (χ0v) is 19.3. The summed E-state index contributed by atoms with van der Waals surface area (Å²) < 4.78 is 16.8. The van der Waals surface area contributed by atoms with Gasteiger partial charge in [-0.2, -0.15) is 0 Å². The van der Waals surface area contributed by atoms with Crippen molar-refractivity contribution in [3.8, 4) is 5.75 Å². The van der Waals surface area contributed by atoms with E-state index in [1.165, 1.54) is 16.8 Å². The Balaban J connectivity index is 1.22. The molecule has 5 rings (SSSR count). The second-order valence-corrected chi connectivity index (χ2v) is 9.25.